The van der Waals surface area contributed by atoms with Crippen molar-refractivity contribution >= 4 is 23.3 Å². The fourth-order valence-electron chi connectivity index (χ4n) is 4.86. The number of aromatic nitrogens is 1. The van der Waals surface area contributed by atoms with Crippen molar-refractivity contribution in [1.82, 2.24) is 4.98 Å². The Labute approximate surface area is 267 Å². The van der Waals surface area contributed by atoms with Gasteiger partial charge in [-0.2, -0.15) is 30.7 Å². The largest absolute Gasteiger partial charge is 0.481 e. The van der Waals surface area contributed by atoms with Gasteiger partial charge in [0.25, 0.3) is 0 Å². The summed E-state index contributed by atoms with van der Waals surface area (Å²) < 4.78 is 128. The Kier molecular flexibility index (Phi) is 10.6. The van der Waals surface area contributed by atoms with Crippen molar-refractivity contribution in [2.45, 2.75) is 49.9 Å². The maximum atomic E-state index is 15.1. The highest BCUT2D eigenvalue weighted by atomic mass is 35.5. The van der Waals surface area contributed by atoms with Crippen molar-refractivity contribution in [3.05, 3.63) is 124 Å². The van der Waals surface area contributed by atoms with E-state index in [4.69, 9.17) is 16.7 Å². The zero-order chi connectivity index (χ0) is 34.6. The number of benzene rings is 3. The molecule has 0 aliphatic carbocycles. The molecule has 1 aromatic heterocycles. The van der Waals surface area contributed by atoms with Gasteiger partial charge in [-0.1, -0.05) is 35.9 Å². The molecule has 15 heteroatoms. The Hall–Kier alpha value is -4.46. The first-order chi connectivity index (χ1) is 22.0. The lowest BCUT2D eigenvalue weighted by Gasteiger charge is -2.37. The van der Waals surface area contributed by atoms with Crippen molar-refractivity contribution in [3.63, 3.8) is 0 Å². The van der Waals surface area contributed by atoms with Gasteiger partial charge in [-0.05, 0) is 72.0 Å². The molecule has 0 spiro atoms. The van der Waals surface area contributed by atoms with Crippen LogP contribution in [0.5, 0.6) is 5.75 Å². The Bertz CT molecular complexity index is 1700. The Morgan fingerprint density at radius 2 is 1.60 bits per heavy atom. The molecule has 5 nitrogen and oxygen atoms in total. The number of pyridine rings is 1. The molecule has 47 heavy (non-hydrogen) atoms. The predicted molar refractivity (Wildman–Crippen MR) is 154 cm³/mol. The Balaban J connectivity index is 1.93. The first-order valence-corrected chi connectivity index (χ1v) is 14.1. The van der Waals surface area contributed by atoms with E-state index >= 15 is 4.39 Å². The number of ether oxygens (including phenoxy) is 1. The van der Waals surface area contributed by atoms with E-state index in [2.05, 4.69) is 15.0 Å². The number of hydrogen-bond acceptors (Lipinski definition) is 4. The SMILES string of the molecule is O=C(O)CCCc1ccc(CC(Nc2ccc(F)c(C(F)(F)F)c2)(c2cc(F)cc(OC(F)(F)C(F)F)c2)c2ccc(Cl)cn2)cc1. The number of halogens is 10. The topological polar surface area (TPSA) is 71.5 Å². The highest BCUT2D eigenvalue weighted by molar-refractivity contribution is 6.30. The molecule has 0 fully saturated rings. The smallest absolute Gasteiger partial charge is 0.461 e. The molecule has 0 bridgehead atoms. The molecule has 4 rings (SSSR count). The number of aliphatic carboxylic acids is 1. The number of carboxylic acids is 1. The summed E-state index contributed by atoms with van der Waals surface area (Å²) in [4.78, 5) is 15.1. The highest BCUT2D eigenvalue weighted by Crippen LogP contribution is 2.41. The van der Waals surface area contributed by atoms with Crippen molar-refractivity contribution < 1.29 is 54.2 Å². The highest BCUT2D eigenvalue weighted by Gasteiger charge is 2.45. The fraction of sp³-hybridized carbons (Fsp3) is 0.250. The third kappa shape index (κ3) is 8.88. The number of aryl methyl sites for hydroxylation is 1. The molecule has 0 aliphatic heterocycles. The van der Waals surface area contributed by atoms with Crippen LogP contribution in [0.4, 0.5) is 45.2 Å². The quantitative estimate of drug-likeness (QED) is 0.137. The van der Waals surface area contributed by atoms with Gasteiger partial charge in [-0.3, -0.25) is 9.78 Å². The monoisotopic (exact) mass is 690 g/mol. The molecule has 0 saturated heterocycles. The van der Waals surface area contributed by atoms with E-state index in [0.29, 0.717) is 36.6 Å². The number of nitrogens with zero attached hydrogens (tertiary/aromatic N) is 1. The van der Waals surface area contributed by atoms with E-state index in [0.717, 1.165) is 30.0 Å². The summed E-state index contributed by atoms with van der Waals surface area (Å²) in [5.74, 6) is -4.83. The summed E-state index contributed by atoms with van der Waals surface area (Å²) in [6.45, 7) is 0. The molecular formula is C32H24ClF9N2O3. The van der Waals surface area contributed by atoms with E-state index in [9.17, 15) is 39.9 Å². The van der Waals surface area contributed by atoms with Crippen molar-refractivity contribution in [1.29, 1.82) is 0 Å². The molecule has 1 heterocycles. The molecule has 250 valence electrons. The van der Waals surface area contributed by atoms with E-state index in [1.54, 1.807) is 24.3 Å². The van der Waals surface area contributed by atoms with E-state index in [1.807, 2.05) is 0 Å². The molecule has 0 radical (unpaired) electrons. The van der Waals surface area contributed by atoms with Gasteiger partial charge in [0, 0.05) is 30.8 Å². The number of carbonyl (C=O) groups is 1. The second-order valence-corrected chi connectivity index (χ2v) is 10.9. The third-order valence-electron chi connectivity index (χ3n) is 7.01. The zero-order valence-electron chi connectivity index (χ0n) is 23.9. The van der Waals surface area contributed by atoms with Crippen molar-refractivity contribution in [2.24, 2.45) is 0 Å². The molecular weight excluding hydrogens is 667 g/mol. The number of nitrogens with one attached hydrogen (secondary N) is 1. The summed E-state index contributed by atoms with van der Waals surface area (Å²) in [6, 6.07) is 13.2. The van der Waals surface area contributed by atoms with Gasteiger partial charge in [-0.25, -0.2) is 8.78 Å². The number of hydrogen-bond donors (Lipinski definition) is 2. The summed E-state index contributed by atoms with van der Waals surface area (Å²) in [5, 5.41) is 11.9. The average molecular weight is 691 g/mol. The molecule has 1 atom stereocenters. The third-order valence-corrected chi connectivity index (χ3v) is 7.24. The number of carboxylic acid groups (broad SMARTS) is 1. The Morgan fingerprint density at radius 1 is 0.915 bits per heavy atom. The van der Waals surface area contributed by atoms with Gasteiger partial charge in [0.1, 0.15) is 22.9 Å². The van der Waals surface area contributed by atoms with Crippen LogP contribution >= 0.6 is 11.6 Å². The second kappa shape index (κ2) is 14.1. The van der Waals surface area contributed by atoms with Crippen LogP contribution in [0.25, 0.3) is 0 Å². The normalized spacial score (nSPS) is 13.3. The minimum absolute atomic E-state index is 0.0394. The lowest BCUT2D eigenvalue weighted by Crippen LogP contribution is -2.40. The van der Waals surface area contributed by atoms with Gasteiger partial charge < -0.3 is 15.2 Å². The van der Waals surface area contributed by atoms with Crippen LogP contribution in [0.15, 0.2) is 79.0 Å². The zero-order valence-corrected chi connectivity index (χ0v) is 24.7. The van der Waals surface area contributed by atoms with Crippen molar-refractivity contribution in [2.75, 3.05) is 5.32 Å². The lowest BCUT2D eigenvalue weighted by molar-refractivity contribution is -0.253. The van der Waals surface area contributed by atoms with Gasteiger partial charge in [0.05, 0.1) is 16.3 Å². The maximum absolute atomic E-state index is 15.1. The lowest BCUT2D eigenvalue weighted by atomic mass is 9.79. The first kappa shape index (κ1) is 35.4. The van der Waals surface area contributed by atoms with E-state index in [-0.39, 0.29) is 34.8 Å². The van der Waals surface area contributed by atoms with Crippen LogP contribution in [-0.2, 0) is 29.4 Å². The average Bonchev–Trinajstić information content (AvgIpc) is 2.97. The maximum Gasteiger partial charge on any atom is 0.461 e. The molecule has 2 N–H and O–H groups in total. The summed E-state index contributed by atoms with van der Waals surface area (Å²) >= 11 is 6.03. The molecule has 1 unspecified atom stereocenters. The van der Waals surface area contributed by atoms with Crippen LogP contribution in [0, 0.1) is 11.6 Å². The van der Waals surface area contributed by atoms with Crippen LogP contribution < -0.4 is 10.1 Å². The first-order valence-electron chi connectivity index (χ1n) is 13.7. The van der Waals surface area contributed by atoms with Crippen molar-refractivity contribution in [3.8, 4) is 5.75 Å². The van der Waals surface area contributed by atoms with Gasteiger partial charge in [0.2, 0.25) is 0 Å². The summed E-state index contributed by atoms with van der Waals surface area (Å²) in [7, 11) is 0. The number of anilines is 1. The molecule has 4 aromatic rings. The van der Waals surface area contributed by atoms with Crippen LogP contribution in [0.2, 0.25) is 5.02 Å². The van der Waals surface area contributed by atoms with E-state index < -0.39 is 53.2 Å². The molecule has 0 amide bonds. The predicted octanol–water partition coefficient (Wildman–Crippen LogP) is 9.27. The van der Waals surface area contributed by atoms with Gasteiger partial charge in [0.15, 0.2) is 0 Å². The summed E-state index contributed by atoms with van der Waals surface area (Å²) in [5.41, 5.74) is -3.13. The van der Waals surface area contributed by atoms with E-state index in [1.165, 1.54) is 12.1 Å². The Morgan fingerprint density at radius 3 is 2.19 bits per heavy atom. The molecule has 0 aliphatic rings. The molecule has 3 aromatic carbocycles. The second-order valence-electron chi connectivity index (χ2n) is 10.5. The minimum Gasteiger partial charge on any atom is -0.481 e. The number of alkyl halides is 7. The van der Waals surface area contributed by atoms with Crippen LogP contribution in [0.3, 0.4) is 0 Å². The minimum atomic E-state index is -5.12. The van der Waals surface area contributed by atoms with Gasteiger partial charge >= 0.3 is 24.7 Å². The number of rotatable bonds is 13. The van der Waals surface area contributed by atoms with Crippen LogP contribution in [-0.4, -0.2) is 28.6 Å². The standard InChI is InChI=1S/C32H24ClF9N2O3/c33-21-8-11-27(43-17-21)30(44-23-9-10-26(35)25(15-23)31(38,39)40,16-19-6-4-18(5-7-19)2-1-3-28(45)46)20-12-22(34)14-24(13-20)47-32(41,42)29(36)37/h4-15,17,29,44H,1-3,16H2,(H,45,46). The summed E-state index contributed by atoms with van der Waals surface area (Å²) in [6.07, 6.45) is -12.9. The fourth-order valence-corrected chi connectivity index (χ4v) is 4.97. The van der Waals surface area contributed by atoms with Gasteiger partial charge in [-0.15, -0.1) is 0 Å². The molecule has 0 saturated carbocycles. The van der Waals surface area contributed by atoms with Crippen LogP contribution in [0.1, 0.15) is 40.8 Å².